The standard InChI is InChI=1S/C32H35N3O2/c1-21-27-23-15-9-11-17-25(23)34(21)19-13-7-5-3-4-6-8-14-20-35-22(2)28(24-16-10-12-18-26(24)35)30-29(27)31(36)33-32(30)37/h9-12,15-18H,3-8,13-14,19-20H2,1-2H3,(H,33,36,37). The Hall–Kier alpha value is -3.60. The Morgan fingerprint density at radius 2 is 0.946 bits per heavy atom. The van der Waals surface area contributed by atoms with E-state index in [-0.39, 0.29) is 11.8 Å². The molecule has 2 aliphatic heterocycles. The molecule has 2 aromatic carbocycles. The minimum Gasteiger partial charge on any atom is -0.344 e. The van der Waals surface area contributed by atoms with Crippen molar-refractivity contribution in [1.29, 1.82) is 0 Å². The molecular formula is C32H35N3O2. The summed E-state index contributed by atoms with van der Waals surface area (Å²) >= 11 is 0. The number of carbonyl (C=O) groups excluding carboxylic acids is 2. The zero-order chi connectivity index (χ0) is 25.5. The molecule has 4 heterocycles. The summed E-state index contributed by atoms with van der Waals surface area (Å²) in [5.41, 5.74) is 7.20. The summed E-state index contributed by atoms with van der Waals surface area (Å²) in [6, 6.07) is 16.6. The van der Waals surface area contributed by atoms with E-state index in [0.29, 0.717) is 11.1 Å². The van der Waals surface area contributed by atoms with Gasteiger partial charge in [0.2, 0.25) is 0 Å². The van der Waals surface area contributed by atoms with Gasteiger partial charge in [-0.25, -0.2) is 0 Å². The Labute approximate surface area is 218 Å². The summed E-state index contributed by atoms with van der Waals surface area (Å²) in [5.74, 6) is -0.590. The number of hydrogen-bond acceptors (Lipinski definition) is 2. The maximum Gasteiger partial charge on any atom is 0.259 e. The number of rotatable bonds is 0. The van der Waals surface area contributed by atoms with E-state index in [0.717, 1.165) is 70.3 Å². The van der Waals surface area contributed by atoms with Crippen LogP contribution in [0.15, 0.2) is 48.5 Å². The van der Waals surface area contributed by atoms with Gasteiger partial charge in [0.15, 0.2) is 0 Å². The second-order valence-corrected chi connectivity index (χ2v) is 10.6. The number of imide groups is 1. The van der Waals surface area contributed by atoms with Crippen LogP contribution in [0.25, 0.3) is 33.0 Å². The minimum absolute atomic E-state index is 0.295. The summed E-state index contributed by atoms with van der Waals surface area (Å²) < 4.78 is 4.70. The molecule has 0 fully saturated rings. The van der Waals surface area contributed by atoms with Crippen LogP contribution in [0, 0.1) is 13.8 Å². The van der Waals surface area contributed by atoms with E-state index in [9.17, 15) is 9.59 Å². The zero-order valence-electron chi connectivity index (χ0n) is 21.9. The normalized spacial score (nSPS) is 17.7. The lowest BCUT2D eigenvalue weighted by molar-refractivity contribution is -0.122. The van der Waals surface area contributed by atoms with Crippen LogP contribution in [0.2, 0.25) is 0 Å². The molecule has 0 spiro atoms. The molecule has 5 heteroatoms. The molecule has 5 nitrogen and oxygen atoms in total. The number of para-hydroxylation sites is 2. The van der Waals surface area contributed by atoms with Crippen molar-refractivity contribution in [3.05, 3.63) is 71.0 Å². The summed E-state index contributed by atoms with van der Waals surface area (Å²) in [5, 5.41) is 4.74. The fourth-order valence-electron chi connectivity index (χ4n) is 6.60. The lowest BCUT2D eigenvalue weighted by Gasteiger charge is -2.11. The molecule has 4 aromatic rings. The van der Waals surface area contributed by atoms with Crippen LogP contribution in [-0.4, -0.2) is 20.9 Å². The quantitative estimate of drug-likeness (QED) is 0.271. The Bertz CT molecular complexity index is 1450. The number of carbonyl (C=O) groups is 2. The fraction of sp³-hybridized carbons (Fsp3) is 0.375. The number of amides is 2. The van der Waals surface area contributed by atoms with E-state index < -0.39 is 0 Å². The predicted molar refractivity (Wildman–Crippen MR) is 150 cm³/mol. The van der Waals surface area contributed by atoms with Crippen molar-refractivity contribution in [2.24, 2.45) is 0 Å². The molecule has 0 saturated heterocycles. The molecular weight excluding hydrogens is 458 g/mol. The Morgan fingerprint density at radius 1 is 0.568 bits per heavy atom. The molecule has 0 aliphatic carbocycles. The number of fused-ring (bicyclic) bond motifs is 12. The van der Waals surface area contributed by atoms with Crippen LogP contribution >= 0.6 is 0 Å². The molecule has 2 aliphatic rings. The van der Waals surface area contributed by atoms with Crippen LogP contribution in [0.1, 0.15) is 73.9 Å². The predicted octanol–water partition coefficient (Wildman–Crippen LogP) is 6.91. The second kappa shape index (κ2) is 9.70. The van der Waals surface area contributed by atoms with Gasteiger partial charge in [-0.15, -0.1) is 0 Å². The smallest absolute Gasteiger partial charge is 0.259 e. The van der Waals surface area contributed by atoms with Crippen molar-refractivity contribution in [1.82, 2.24) is 14.5 Å². The Morgan fingerprint density at radius 3 is 1.38 bits per heavy atom. The average Bonchev–Trinajstić information content (AvgIpc) is 3.44. The second-order valence-electron chi connectivity index (χ2n) is 10.6. The molecule has 0 radical (unpaired) electrons. The third kappa shape index (κ3) is 3.92. The summed E-state index contributed by atoms with van der Waals surface area (Å²) in [4.78, 5) is 27.0. The van der Waals surface area contributed by atoms with Crippen LogP contribution in [-0.2, 0) is 22.7 Å². The van der Waals surface area contributed by atoms with Crippen molar-refractivity contribution in [3.8, 4) is 0 Å². The van der Waals surface area contributed by atoms with Gasteiger partial charge in [0.05, 0.1) is 11.1 Å². The van der Waals surface area contributed by atoms with Crippen molar-refractivity contribution in [3.63, 3.8) is 0 Å². The molecule has 1 N–H and O–H groups in total. The summed E-state index contributed by atoms with van der Waals surface area (Å²) in [6.45, 7) is 6.04. The average molecular weight is 494 g/mol. The molecule has 190 valence electrons. The molecule has 2 aromatic heterocycles. The topological polar surface area (TPSA) is 56.0 Å². The van der Waals surface area contributed by atoms with E-state index >= 15 is 0 Å². The van der Waals surface area contributed by atoms with Gasteiger partial charge in [-0.1, -0.05) is 74.9 Å². The van der Waals surface area contributed by atoms with Gasteiger partial charge in [-0.05, 0) is 38.8 Å². The first-order chi connectivity index (χ1) is 18.1. The Balaban J connectivity index is 1.65. The molecule has 6 rings (SSSR count). The zero-order valence-corrected chi connectivity index (χ0v) is 21.9. The molecule has 4 bridgehead atoms. The van der Waals surface area contributed by atoms with Gasteiger partial charge in [0.25, 0.3) is 11.8 Å². The van der Waals surface area contributed by atoms with Crippen LogP contribution < -0.4 is 5.32 Å². The molecule has 0 unspecified atom stereocenters. The number of nitrogens with one attached hydrogen (secondary N) is 1. The number of aryl methyl sites for hydroxylation is 2. The summed E-state index contributed by atoms with van der Waals surface area (Å²) in [7, 11) is 0. The number of aromatic nitrogens is 2. The van der Waals surface area contributed by atoms with Crippen molar-refractivity contribution >= 4 is 44.8 Å². The SMILES string of the molecule is Cc1c2c3ccccc3n1CCCCCCCCCCn1c(C)c(c3ccccc31)C1=C2C(=O)NC1=O. The van der Waals surface area contributed by atoms with Gasteiger partial charge >= 0.3 is 0 Å². The van der Waals surface area contributed by atoms with E-state index in [1.807, 2.05) is 12.1 Å². The molecule has 2 amide bonds. The van der Waals surface area contributed by atoms with E-state index in [1.54, 1.807) is 0 Å². The third-order valence-electron chi connectivity index (χ3n) is 8.41. The van der Waals surface area contributed by atoms with Gasteiger partial charge in [0, 0.05) is 57.4 Å². The van der Waals surface area contributed by atoms with Crippen LogP contribution in [0.5, 0.6) is 0 Å². The lowest BCUT2D eigenvalue weighted by Crippen LogP contribution is -2.23. The first-order valence-corrected chi connectivity index (χ1v) is 13.8. The molecule has 37 heavy (non-hydrogen) atoms. The molecule has 0 saturated carbocycles. The van der Waals surface area contributed by atoms with Crippen molar-refractivity contribution < 1.29 is 9.59 Å². The largest absolute Gasteiger partial charge is 0.344 e. The van der Waals surface area contributed by atoms with Gasteiger partial charge in [-0.3, -0.25) is 14.9 Å². The maximum absolute atomic E-state index is 13.5. The monoisotopic (exact) mass is 493 g/mol. The van der Waals surface area contributed by atoms with Crippen molar-refractivity contribution in [2.75, 3.05) is 0 Å². The van der Waals surface area contributed by atoms with Crippen molar-refractivity contribution in [2.45, 2.75) is 78.3 Å². The highest BCUT2D eigenvalue weighted by molar-refractivity contribution is 6.51. The first-order valence-electron chi connectivity index (χ1n) is 13.8. The lowest BCUT2D eigenvalue weighted by atomic mass is 9.93. The van der Waals surface area contributed by atoms with Gasteiger partial charge in [-0.2, -0.15) is 0 Å². The fourth-order valence-corrected chi connectivity index (χ4v) is 6.60. The first kappa shape index (κ1) is 23.8. The Kier molecular flexibility index (Phi) is 6.23. The molecule has 0 atom stereocenters. The van der Waals surface area contributed by atoms with E-state index in [4.69, 9.17) is 0 Å². The van der Waals surface area contributed by atoms with E-state index in [2.05, 4.69) is 64.7 Å². The number of hydrogen-bond donors (Lipinski definition) is 1. The minimum atomic E-state index is -0.295. The van der Waals surface area contributed by atoms with E-state index in [1.165, 1.54) is 38.5 Å². The van der Waals surface area contributed by atoms with Crippen LogP contribution in [0.4, 0.5) is 0 Å². The van der Waals surface area contributed by atoms with Gasteiger partial charge in [0.1, 0.15) is 0 Å². The van der Waals surface area contributed by atoms with Gasteiger partial charge < -0.3 is 9.13 Å². The highest BCUT2D eigenvalue weighted by Crippen LogP contribution is 2.42. The highest BCUT2D eigenvalue weighted by Gasteiger charge is 2.37. The summed E-state index contributed by atoms with van der Waals surface area (Å²) in [6.07, 6.45) is 9.78. The third-order valence-corrected chi connectivity index (χ3v) is 8.41. The number of nitrogens with zero attached hydrogens (tertiary/aromatic N) is 2. The number of benzene rings is 2. The highest BCUT2D eigenvalue weighted by atomic mass is 16.2. The maximum atomic E-state index is 13.5. The van der Waals surface area contributed by atoms with Crippen LogP contribution in [0.3, 0.4) is 0 Å².